The van der Waals surface area contributed by atoms with Gasteiger partial charge in [-0.25, -0.2) is 0 Å². The third-order valence-corrected chi connectivity index (χ3v) is 5.58. The van der Waals surface area contributed by atoms with Gasteiger partial charge in [-0.2, -0.15) is 11.8 Å². The fourth-order valence-corrected chi connectivity index (χ4v) is 4.10. The van der Waals surface area contributed by atoms with E-state index < -0.39 is 0 Å². The SMILES string of the molecule is CSC1CCCC(NCc2c(Cl)oc3ccccc23)C1. The maximum Gasteiger partial charge on any atom is 0.199 e. The third-order valence-electron chi connectivity index (χ3n) is 4.18. The lowest BCUT2D eigenvalue weighted by Gasteiger charge is -2.28. The van der Waals surface area contributed by atoms with Crippen molar-refractivity contribution in [2.45, 2.75) is 43.5 Å². The lowest BCUT2D eigenvalue weighted by molar-refractivity contribution is 0.379. The van der Waals surface area contributed by atoms with Crippen molar-refractivity contribution < 1.29 is 4.42 Å². The van der Waals surface area contributed by atoms with E-state index in [9.17, 15) is 0 Å². The van der Waals surface area contributed by atoms with E-state index in [0.717, 1.165) is 28.3 Å². The summed E-state index contributed by atoms with van der Waals surface area (Å²) in [5.41, 5.74) is 1.97. The molecule has 1 fully saturated rings. The van der Waals surface area contributed by atoms with Crippen molar-refractivity contribution in [2.75, 3.05) is 6.26 Å². The molecule has 2 unspecified atom stereocenters. The number of hydrogen-bond donors (Lipinski definition) is 1. The van der Waals surface area contributed by atoms with Crippen molar-refractivity contribution in [1.82, 2.24) is 5.32 Å². The zero-order valence-electron chi connectivity index (χ0n) is 11.7. The van der Waals surface area contributed by atoms with Gasteiger partial charge in [-0.05, 0) is 43.2 Å². The monoisotopic (exact) mass is 309 g/mol. The normalized spacial score (nSPS) is 23.3. The molecule has 108 valence electrons. The van der Waals surface area contributed by atoms with Gasteiger partial charge in [0.05, 0.1) is 0 Å². The first-order valence-corrected chi connectivity index (χ1v) is 8.86. The Hall–Kier alpha value is -0.640. The number of nitrogens with one attached hydrogen (secondary N) is 1. The van der Waals surface area contributed by atoms with Crippen molar-refractivity contribution in [3.05, 3.63) is 35.0 Å². The molecule has 1 aromatic carbocycles. The predicted molar refractivity (Wildman–Crippen MR) is 87.6 cm³/mol. The van der Waals surface area contributed by atoms with E-state index in [1.807, 2.05) is 30.0 Å². The quantitative estimate of drug-likeness (QED) is 0.874. The van der Waals surface area contributed by atoms with Gasteiger partial charge in [0.1, 0.15) is 5.58 Å². The molecule has 1 aliphatic carbocycles. The second-order valence-corrected chi connectivity index (χ2v) is 6.93. The van der Waals surface area contributed by atoms with Crippen LogP contribution in [0, 0.1) is 0 Å². The minimum absolute atomic E-state index is 0.524. The van der Waals surface area contributed by atoms with Crippen molar-refractivity contribution in [2.24, 2.45) is 0 Å². The number of furan rings is 1. The number of rotatable bonds is 4. The van der Waals surface area contributed by atoms with Gasteiger partial charge < -0.3 is 9.73 Å². The zero-order chi connectivity index (χ0) is 13.9. The Morgan fingerprint density at radius 1 is 1.35 bits per heavy atom. The molecule has 1 aliphatic rings. The Kier molecular flexibility index (Phi) is 4.59. The van der Waals surface area contributed by atoms with Crippen LogP contribution in [0.15, 0.2) is 28.7 Å². The Morgan fingerprint density at radius 2 is 2.20 bits per heavy atom. The lowest BCUT2D eigenvalue weighted by Crippen LogP contribution is -2.34. The predicted octanol–water partition coefficient (Wildman–Crippen LogP) is 4.85. The Bertz CT molecular complexity index is 583. The van der Waals surface area contributed by atoms with Crippen LogP contribution in [-0.4, -0.2) is 17.5 Å². The molecule has 2 nitrogen and oxygen atoms in total. The summed E-state index contributed by atoms with van der Waals surface area (Å²) in [6.45, 7) is 0.793. The van der Waals surface area contributed by atoms with Crippen LogP contribution in [0.4, 0.5) is 0 Å². The fourth-order valence-electron chi connectivity index (χ4n) is 3.02. The van der Waals surface area contributed by atoms with Crippen LogP contribution in [0.1, 0.15) is 31.2 Å². The van der Waals surface area contributed by atoms with E-state index in [-0.39, 0.29) is 0 Å². The van der Waals surface area contributed by atoms with E-state index in [2.05, 4.69) is 17.6 Å². The molecule has 4 heteroatoms. The van der Waals surface area contributed by atoms with Crippen molar-refractivity contribution >= 4 is 34.3 Å². The smallest absolute Gasteiger partial charge is 0.199 e. The van der Waals surface area contributed by atoms with Crippen LogP contribution < -0.4 is 5.32 Å². The summed E-state index contributed by atoms with van der Waals surface area (Å²) in [4.78, 5) is 0. The Balaban J connectivity index is 1.69. The van der Waals surface area contributed by atoms with Gasteiger partial charge in [0.25, 0.3) is 0 Å². The maximum atomic E-state index is 6.23. The summed E-state index contributed by atoms with van der Waals surface area (Å²) in [6.07, 6.45) is 7.42. The molecule has 0 bridgehead atoms. The number of fused-ring (bicyclic) bond motifs is 1. The van der Waals surface area contributed by atoms with Crippen molar-refractivity contribution in [3.8, 4) is 0 Å². The molecule has 1 aromatic heterocycles. The number of para-hydroxylation sites is 1. The largest absolute Gasteiger partial charge is 0.444 e. The van der Waals surface area contributed by atoms with Crippen LogP contribution in [0.3, 0.4) is 0 Å². The first kappa shape index (κ1) is 14.3. The van der Waals surface area contributed by atoms with Crippen LogP contribution in [0.5, 0.6) is 0 Å². The minimum atomic E-state index is 0.524. The van der Waals surface area contributed by atoms with Gasteiger partial charge in [0.2, 0.25) is 0 Å². The highest BCUT2D eigenvalue weighted by atomic mass is 35.5. The van der Waals surface area contributed by atoms with Gasteiger partial charge >= 0.3 is 0 Å². The van der Waals surface area contributed by atoms with Gasteiger partial charge in [-0.15, -0.1) is 0 Å². The van der Waals surface area contributed by atoms with Gasteiger partial charge in [0, 0.05) is 28.8 Å². The summed E-state index contributed by atoms with van der Waals surface area (Å²) < 4.78 is 5.60. The van der Waals surface area contributed by atoms with E-state index >= 15 is 0 Å². The number of benzene rings is 1. The number of hydrogen-bond acceptors (Lipinski definition) is 3. The average molecular weight is 310 g/mol. The van der Waals surface area contributed by atoms with E-state index in [1.165, 1.54) is 25.7 Å². The van der Waals surface area contributed by atoms with Crippen molar-refractivity contribution in [3.63, 3.8) is 0 Å². The van der Waals surface area contributed by atoms with Crippen LogP contribution in [-0.2, 0) is 6.54 Å². The van der Waals surface area contributed by atoms with E-state index in [4.69, 9.17) is 16.0 Å². The van der Waals surface area contributed by atoms with Crippen LogP contribution >= 0.6 is 23.4 Å². The highest BCUT2D eigenvalue weighted by Crippen LogP contribution is 2.31. The molecule has 0 radical (unpaired) electrons. The molecule has 20 heavy (non-hydrogen) atoms. The molecule has 0 aliphatic heterocycles. The van der Waals surface area contributed by atoms with Gasteiger partial charge in [-0.1, -0.05) is 24.6 Å². The second-order valence-electron chi connectivity index (χ2n) is 5.45. The molecule has 1 saturated carbocycles. The summed E-state index contributed by atoms with van der Waals surface area (Å²) in [5, 5.41) is 6.12. The molecule has 1 N–H and O–H groups in total. The molecular weight excluding hydrogens is 290 g/mol. The maximum absolute atomic E-state index is 6.23. The summed E-state index contributed by atoms with van der Waals surface area (Å²) in [7, 11) is 0. The standard InChI is InChI=1S/C16H20ClNOS/c1-20-12-6-4-5-11(9-12)18-10-14-13-7-2-3-8-15(13)19-16(14)17/h2-3,7-8,11-12,18H,4-6,9-10H2,1H3. The first-order valence-electron chi connectivity index (χ1n) is 7.20. The summed E-state index contributed by atoms with van der Waals surface area (Å²) >= 11 is 8.22. The third kappa shape index (κ3) is 3.00. The highest BCUT2D eigenvalue weighted by molar-refractivity contribution is 7.99. The molecule has 0 saturated heterocycles. The van der Waals surface area contributed by atoms with E-state index in [0.29, 0.717) is 11.3 Å². The molecule has 2 aromatic rings. The Labute approximate surface area is 129 Å². The number of halogens is 1. The van der Waals surface area contributed by atoms with Gasteiger partial charge in [-0.3, -0.25) is 0 Å². The molecule has 1 heterocycles. The fraction of sp³-hybridized carbons (Fsp3) is 0.500. The van der Waals surface area contributed by atoms with E-state index in [1.54, 1.807) is 0 Å². The minimum Gasteiger partial charge on any atom is -0.444 e. The summed E-state index contributed by atoms with van der Waals surface area (Å²) in [6, 6.07) is 8.65. The molecule has 0 amide bonds. The number of thioether (sulfide) groups is 1. The van der Waals surface area contributed by atoms with Crippen LogP contribution in [0.2, 0.25) is 5.22 Å². The Morgan fingerprint density at radius 3 is 3.05 bits per heavy atom. The molecular formula is C16H20ClNOS. The first-order chi connectivity index (χ1) is 9.78. The highest BCUT2D eigenvalue weighted by Gasteiger charge is 2.21. The second kappa shape index (κ2) is 6.42. The average Bonchev–Trinajstić information content (AvgIpc) is 2.81. The zero-order valence-corrected chi connectivity index (χ0v) is 13.3. The molecule has 0 spiro atoms. The van der Waals surface area contributed by atoms with Crippen molar-refractivity contribution in [1.29, 1.82) is 0 Å². The lowest BCUT2D eigenvalue weighted by atomic mass is 9.95. The topological polar surface area (TPSA) is 25.2 Å². The molecule has 3 rings (SSSR count). The van der Waals surface area contributed by atoms with Gasteiger partial charge in [0.15, 0.2) is 5.22 Å². The summed E-state index contributed by atoms with van der Waals surface area (Å²) in [5.74, 6) is 0. The van der Waals surface area contributed by atoms with Crippen LogP contribution in [0.25, 0.3) is 11.0 Å². The molecule has 2 atom stereocenters.